The number of methoxy groups -OCH3 is 1. The van der Waals surface area contributed by atoms with Gasteiger partial charge in [0.15, 0.2) is 0 Å². The van der Waals surface area contributed by atoms with Crippen molar-refractivity contribution in [1.29, 1.82) is 0 Å². The number of carbonyl (C=O) groups is 2. The second-order valence-corrected chi connectivity index (χ2v) is 8.53. The highest BCUT2D eigenvalue weighted by Gasteiger charge is 2.41. The van der Waals surface area contributed by atoms with Crippen LogP contribution in [0.2, 0.25) is 5.02 Å². The Morgan fingerprint density at radius 2 is 1.75 bits per heavy atom. The molecule has 0 spiro atoms. The van der Waals surface area contributed by atoms with Crippen LogP contribution in [0, 0.1) is 0 Å². The number of thiophene rings is 1. The summed E-state index contributed by atoms with van der Waals surface area (Å²) < 4.78 is 5.42. The van der Waals surface area contributed by atoms with E-state index in [9.17, 15) is 9.59 Å². The van der Waals surface area contributed by atoms with Crippen LogP contribution in [0.25, 0.3) is 16.3 Å². The number of anilines is 2. The summed E-state index contributed by atoms with van der Waals surface area (Å²) in [6, 6.07) is 22.0. The summed E-state index contributed by atoms with van der Waals surface area (Å²) in [5, 5.41) is 7.25. The van der Waals surface area contributed by atoms with Gasteiger partial charge < -0.3 is 10.1 Å². The number of imide groups is 1. The maximum Gasteiger partial charge on any atom is 0.282 e. The second-order valence-electron chi connectivity index (χ2n) is 7.14. The van der Waals surface area contributed by atoms with Crippen LogP contribution in [0.1, 0.15) is 4.88 Å². The van der Waals surface area contributed by atoms with Crippen molar-refractivity contribution < 1.29 is 14.3 Å². The van der Waals surface area contributed by atoms with Crippen molar-refractivity contribution in [1.82, 2.24) is 0 Å². The summed E-state index contributed by atoms with van der Waals surface area (Å²) in [4.78, 5) is 29.2. The number of halogens is 1. The minimum Gasteiger partial charge on any atom is -0.495 e. The van der Waals surface area contributed by atoms with Crippen LogP contribution in [0.15, 0.2) is 83.9 Å². The van der Waals surface area contributed by atoms with Gasteiger partial charge in [-0.25, -0.2) is 4.90 Å². The molecule has 4 aromatic rings. The molecule has 0 aliphatic carbocycles. The highest BCUT2D eigenvalue weighted by molar-refractivity contribution is 7.11. The number of nitrogens with one attached hydrogen (secondary N) is 1. The minimum atomic E-state index is -0.434. The van der Waals surface area contributed by atoms with Gasteiger partial charge in [-0.15, -0.1) is 11.3 Å². The van der Waals surface area contributed by atoms with Crippen molar-refractivity contribution in [3.63, 3.8) is 0 Å². The summed E-state index contributed by atoms with van der Waals surface area (Å²) in [6.45, 7) is 0. The molecule has 1 aromatic heterocycles. The predicted molar refractivity (Wildman–Crippen MR) is 129 cm³/mol. The molecule has 0 saturated heterocycles. The molecule has 2 amide bonds. The van der Waals surface area contributed by atoms with Crippen molar-refractivity contribution in [2.75, 3.05) is 17.3 Å². The van der Waals surface area contributed by atoms with Gasteiger partial charge in [0.2, 0.25) is 0 Å². The summed E-state index contributed by atoms with van der Waals surface area (Å²) >= 11 is 7.58. The molecule has 0 radical (unpaired) electrons. The number of benzene rings is 3. The fraction of sp³-hybridized carbons (Fsp3) is 0.0400. The third-order valence-corrected chi connectivity index (χ3v) is 6.40. The van der Waals surface area contributed by atoms with E-state index in [1.54, 1.807) is 24.3 Å². The Kier molecular flexibility index (Phi) is 5.17. The minimum absolute atomic E-state index is 0.186. The molecular formula is C25H17ClN2O3S. The summed E-state index contributed by atoms with van der Waals surface area (Å²) in [5.41, 5.74) is 1.55. The molecule has 1 aliphatic heterocycles. The number of nitrogens with zero attached hydrogens (tertiary/aromatic N) is 1. The lowest BCUT2D eigenvalue weighted by atomic mass is 10.1. The molecule has 0 unspecified atom stereocenters. The van der Waals surface area contributed by atoms with E-state index >= 15 is 0 Å². The average molecular weight is 461 g/mol. The molecule has 0 bridgehead atoms. The van der Waals surface area contributed by atoms with Gasteiger partial charge in [-0.3, -0.25) is 9.59 Å². The molecule has 0 fully saturated rings. The quantitative estimate of drug-likeness (QED) is 0.373. The Morgan fingerprint density at radius 1 is 0.938 bits per heavy atom. The van der Waals surface area contributed by atoms with E-state index in [2.05, 4.69) is 5.32 Å². The SMILES string of the molecule is COc1ccc(Cl)cc1NC1=C(c2cccs2)C(=O)N(c2cccc3ccccc23)C1=O. The van der Waals surface area contributed by atoms with Gasteiger partial charge in [0.1, 0.15) is 11.4 Å². The van der Waals surface area contributed by atoms with Crippen molar-refractivity contribution in [2.45, 2.75) is 0 Å². The lowest BCUT2D eigenvalue weighted by molar-refractivity contribution is -0.120. The van der Waals surface area contributed by atoms with Crippen LogP contribution >= 0.6 is 22.9 Å². The summed E-state index contributed by atoms with van der Waals surface area (Å²) in [5.74, 6) is -0.301. The van der Waals surface area contributed by atoms with E-state index in [4.69, 9.17) is 16.3 Å². The number of hydrogen-bond acceptors (Lipinski definition) is 5. The standard InChI is InChI=1S/C25H17ClN2O3S/c1-31-20-12-11-16(26)14-18(20)27-23-22(21-10-5-13-32-21)24(29)28(25(23)30)19-9-4-7-15-6-2-3-8-17(15)19/h2-14,27H,1H3. The first-order valence-corrected chi connectivity index (χ1v) is 11.1. The fourth-order valence-corrected chi connectivity index (χ4v) is 4.77. The fourth-order valence-electron chi connectivity index (χ4n) is 3.83. The van der Waals surface area contributed by atoms with Crippen molar-refractivity contribution >= 4 is 62.5 Å². The van der Waals surface area contributed by atoms with Crippen LogP contribution < -0.4 is 15.0 Å². The lowest BCUT2D eigenvalue weighted by Crippen LogP contribution is -2.32. The van der Waals surface area contributed by atoms with Crippen LogP contribution in [-0.4, -0.2) is 18.9 Å². The number of fused-ring (bicyclic) bond motifs is 1. The van der Waals surface area contributed by atoms with E-state index < -0.39 is 5.91 Å². The van der Waals surface area contributed by atoms with Crippen LogP contribution in [0.3, 0.4) is 0 Å². The molecule has 32 heavy (non-hydrogen) atoms. The van der Waals surface area contributed by atoms with Crippen molar-refractivity contribution in [3.8, 4) is 5.75 Å². The molecule has 5 nitrogen and oxygen atoms in total. The summed E-state index contributed by atoms with van der Waals surface area (Å²) in [7, 11) is 1.53. The van der Waals surface area contributed by atoms with Gasteiger partial charge in [-0.1, -0.05) is 54.1 Å². The number of carbonyl (C=O) groups excluding carboxylic acids is 2. The van der Waals surface area contributed by atoms with E-state index in [-0.39, 0.29) is 11.6 Å². The zero-order chi connectivity index (χ0) is 22.2. The van der Waals surface area contributed by atoms with Gasteiger partial charge in [-0.2, -0.15) is 0 Å². The number of rotatable bonds is 5. The summed E-state index contributed by atoms with van der Waals surface area (Å²) in [6.07, 6.45) is 0. The number of ether oxygens (including phenoxy) is 1. The Morgan fingerprint density at radius 3 is 2.53 bits per heavy atom. The van der Waals surface area contributed by atoms with Crippen molar-refractivity contribution in [3.05, 3.63) is 93.8 Å². The number of amides is 2. The normalized spacial score (nSPS) is 13.9. The predicted octanol–water partition coefficient (Wildman–Crippen LogP) is 5.96. The van der Waals surface area contributed by atoms with E-state index in [1.807, 2.05) is 53.9 Å². The molecule has 1 N–H and O–H groups in total. The topological polar surface area (TPSA) is 58.6 Å². The van der Waals surface area contributed by atoms with Crippen LogP contribution in [0.5, 0.6) is 5.75 Å². The Balaban J connectivity index is 1.66. The smallest absolute Gasteiger partial charge is 0.282 e. The largest absolute Gasteiger partial charge is 0.495 e. The second kappa shape index (κ2) is 8.15. The van der Waals surface area contributed by atoms with Gasteiger partial charge in [0, 0.05) is 15.3 Å². The third kappa shape index (κ3) is 3.34. The zero-order valence-corrected chi connectivity index (χ0v) is 18.5. The Labute approximate surface area is 193 Å². The van der Waals surface area contributed by atoms with Gasteiger partial charge in [0.25, 0.3) is 11.8 Å². The van der Waals surface area contributed by atoms with Gasteiger partial charge in [0.05, 0.1) is 24.1 Å². The van der Waals surface area contributed by atoms with E-state index in [1.165, 1.54) is 23.3 Å². The average Bonchev–Trinajstić information content (AvgIpc) is 3.40. The molecule has 0 atom stereocenters. The third-order valence-electron chi connectivity index (χ3n) is 5.28. The maximum atomic E-state index is 13.7. The monoisotopic (exact) mass is 460 g/mol. The first kappa shape index (κ1) is 20.3. The molecule has 158 valence electrons. The molecule has 0 saturated carbocycles. The first-order chi connectivity index (χ1) is 15.6. The first-order valence-electron chi connectivity index (χ1n) is 9.83. The molecule has 2 heterocycles. The molecule has 5 rings (SSSR count). The van der Waals surface area contributed by atoms with E-state index in [0.29, 0.717) is 32.6 Å². The van der Waals surface area contributed by atoms with Gasteiger partial charge in [-0.05, 0) is 41.1 Å². The van der Waals surface area contributed by atoms with Gasteiger partial charge >= 0.3 is 0 Å². The highest BCUT2D eigenvalue weighted by atomic mass is 35.5. The van der Waals surface area contributed by atoms with Crippen LogP contribution in [0.4, 0.5) is 11.4 Å². The van der Waals surface area contributed by atoms with Crippen LogP contribution in [-0.2, 0) is 9.59 Å². The van der Waals surface area contributed by atoms with E-state index in [0.717, 1.165) is 10.8 Å². The van der Waals surface area contributed by atoms with Crippen molar-refractivity contribution in [2.24, 2.45) is 0 Å². The Bertz CT molecular complexity index is 1390. The maximum absolute atomic E-state index is 13.7. The Hall–Kier alpha value is -3.61. The highest BCUT2D eigenvalue weighted by Crippen LogP contribution is 2.39. The number of hydrogen-bond donors (Lipinski definition) is 1. The zero-order valence-electron chi connectivity index (χ0n) is 17.0. The molecule has 1 aliphatic rings. The molecule has 7 heteroatoms. The lowest BCUT2D eigenvalue weighted by Gasteiger charge is -2.18. The molecular weight excluding hydrogens is 444 g/mol. The molecule has 3 aromatic carbocycles.